The van der Waals surface area contributed by atoms with Crippen LogP contribution in [0.5, 0.6) is 0 Å². The monoisotopic (exact) mass is 458 g/mol. The summed E-state index contributed by atoms with van der Waals surface area (Å²) < 4.78 is 6.93. The first kappa shape index (κ1) is 20.6. The lowest BCUT2D eigenvalue weighted by atomic mass is 9.96. The summed E-state index contributed by atoms with van der Waals surface area (Å²) in [4.78, 5) is 31.0. The summed E-state index contributed by atoms with van der Waals surface area (Å²) in [5.74, 6) is -0.520. The average Bonchev–Trinajstić information content (AvgIpc) is 3.04. The third-order valence-corrected chi connectivity index (χ3v) is 6.46. The topological polar surface area (TPSA) is 60.7 Å². The van der Waals surface area contributed by atoms with Gasteiger partial charge in [-0.05, 0) is 30.7 Å². The molecule has 3 aromatic rings. The second kappa shape index (κ2) is 8.22. The van der Waals surface area contributed by atoms with Crippen LogP contribution in [0.4, 0.5) is 0 Å². The van der Waals surface area contributed by atoms with Crippen molar-refractivity contribution >= 4 is 46.6 Å². The van der Waals surface area contributed by atoms with E-state index < -0.39 is 12.0 Å². The predicted octanol–water partition coefficient (Wildman–Crippen LogP) is 3.72. The van der Waals surface area contributed by atoms with Crippen molar-refractivity contribution in [1.82, 2.24) is 4.57 Å². The molecule has 0 fully saturated rings. The van der Waals surface area contributed by atoms with E-state index in [9.17, 15) is 9.59 Å². The number of halogens is 2. The van der Waals surface area contributed by atoms with E-state index in [-0.39, 0.29) is 5.56 Å². The molecular weight excluding hydrogens is 443 g/mol. The van der Waals surface area contributed by atoms with Gasteiger partial charge in [-0.15, -0.1) is 0 Å². The number of allylic oxidation sites excluding steroid dienone is 1. The van der Waals surface area contributed by atoms with E-state index in [4.69, 9.17) is 27.9 Å². The maximum absolute atomic E-state index is 13.4. The van der Waals surface area contributed by atoms with E-state index in [0.717, 1.165) is 5.56 Å². The van der Waals surface area contributed by atoms with E-state index in [1.807, 2.05) is 30.3 Å². The Kier molecular flexibility index (Phi) is 5.64. The third-order valence-electron chi connectivity index (χ3n) is 4.82. The summed E-state index contributed by atoms with van der Waals surface area (Å²) in [6, 6.07) is 13.9. The Bertz CT molecular complexity index is 1340. The zero-order chi connectivity index (χ0) is 21.4. The highest BCUT2D eigenvalue weighted by Crippen LogP contribution is 2.30. The number of aromatic nitrogens is 1. The minimum absolute atomic E-state index is 0.280. The van der Waals surface area contributed by atoms with Gasteiger partial charge in [-0.2, -0.15) is 0 Å². The van der Waals surface area contributed by atoms with Crippen molar-refractivity contribution < 1.29 is 9.53 Å². The molecule has 0 bridgehead atoms. The van der Waals surface area contributed by atoms with E-state index in [1.54, 1.807) is 31.2 Å². The van der Waals surface area contributed by atoms with E-state index in [2.05, 4.69) is 4.99 Å². The van der Waals surface area contributed by atoms with Crippen molar-refractivity contribution in [1.29, 1.82) is 0 Å². The van der Waals surface area contributed by atoms with Crippen LogP contribution in [0.3, 0.4) is 0 Å². The zero-order valence-electron chi connectivity index (χ0n) is 16.1. The molecule has 0 radical (unpaired) electrons. The lowest BCUT2D eigenvalue weighted by Crippen LogP contribution is -2.39. The number of ether oxygens (including phenoxy) is 1. The summed E-state index contributed by atoms with van der Waals surface area (Å²) in [7, 11) is 1.31. The molecule has 5 nitrogen and oxygen atoms in total. The maximum atomic E-state index is 13.4. The van der Waals surface area contributed by atoms with Crippen LogP contribution in [0.2, 0.25) is 10.0 Å². The second-order valence-electron chi connectivity index (χ2n) is 6.62. The van der Waals surface area contributed by atoms with Gasteiger partial charge in [0.1, 0.15) is 0 Å². The van der Waals surface area contributed by atoms with Crippen LogP contribution in [0.25, 0.3) is 6.08 Å². The van der Waals surface area contributed by atoms with Gasteiger partial charge in [0, 0.05) is 15.6 Å². The highest BCUT2D eigenvalue weighted by molar-refractivity contribution is 7.07. The van der Waals surface area contributed by atoms with Crippen molar-refractivity contribution in [3.8, 4) is 0 Å². The van der Waals surface area contributed by atoms with Crippen molar-refractivity contribution in [2.75, 3.05) is 7.11 Å². The third kappa shape index (κ3) is 3.51. The van der Waals surface area contributed by atoms with Crippen molar-refractivity contribution in [3.63, 3.8) is 0 Å². The van der Waals surface area contributed by atoms with Crippen molar-refractivity contribution in [2.24, 2.45) is 4.99 Å². The minimum atomic E-state index is -0.640. The fraction of sp³-hybridized carbons (Fsp3) is 0.136. The number of rotatable bonds is 3. The fourth-order valence-electron chi connectivity index (χ4n) is 3.42. The smallest absolute Gasteiger partial charge is 0.338 e. The number of hydrogen-bond acceptors (Lipinski definition) is 5. The van der Waals surface area contributed by atoms with Crippen LogP contribution in [0, 0.1) is 0 Å². The van der Waals surface area contributed by atoms with Gasteiger partial charge < -0.3 is 4.74 Å². The molecule has 2 aromatic carbocycles. The molecule has 1 unspecified atom stereocenters. The fourth-order valence-corrected chi connectivity index (χ4v) is 4.96. The Balaban J connectivity index is 2.01. The number of hydrogen-bond donors (Lipinski definition) is 0. The Morgan fingerprint density at radius 3 is 2.43 bits per heavy atom. The van der Waals surface area contributed by atoms with Gasteiger partial charge in [-0.3, -0.25) is 9.36 Å². The van der Waals surface area contributed by atoms with E-state index in [1.165, 1.54) is 23.0 Å². The Labute approximate surface area is 186 Å². The standard InChI is InChI=1S/C22H16Cl2N2O3S/c1-12-18(21(28)29-2)19(13-7-4-3-5-8-13)26-20(27)17(30-22(26)25-12)11-14-15(23)9-6-10-16(14)24/h3-11,19H,1-2H3. The van der Waals surface area contributed by atoms with Crippen LogP contribution in [0.15, 0.2) is 69.6 Å². The highest BCUT2D eigenvalue weighted by Gasteiger charge is 2.32. The molecule has 2 heterocycles. The molecule has 152 valence electrons. The molecule has 0 amide bonds. The average molecular weight is 459 g/mol. The number of methoxy groups -OCH3 is 1. The molecule has 1 aliphatic rings. The van der Waals surface area contributed by atoms with Gasteiger partial charge >= 0.3 is 5.97 Å². The van der Waals surface area contributed by atoms with Crippen LogP contribution in [0.1, 0.15) is 24.1 Å². The molecule has 1 aromatic heterocycles. The molecule has 1 aliphatic heterocycles. The molecule has 0 saturated carbocycles. The molecule has 8 heteroatoms. The van der Waals surface area contributed by atoms with Crippen molar-refractivity contribution in [3.05, 3.63) is 101 Å². The van der Waals surface area contributed by atoms with Crippen LogP contribution in [-0.4, -0.2) is 17.6 Å². The van der Waals surface area contributed by atoms with Crippen LogP contribution in [-0.2, 0) is 9.53 Å². The number of carbonyl (C=O) groups is 1. The first-order valence-corrected chi connectivity index (χ1v) is 10.6. The second-order valence-corrected chi connectivity index (χ2v) is 8.44. The number of thiazole rings is 1. The Hall–Kier alpha value is -2.67. The van der Waals surface area contributed by atoms with Gasteiger partial charge in [-0.1, -0.05) is 70.9 Å². The predicted molar refractivity (Wildman–Crippen MR) is 119 cm³/mol. The molecular formula is C22H16Cl2N2O3S. The zero-order valence-corrected chi connectivity index (χ0v) is 18.4. The lowest BCUT2D eigenvalue weighted by molar-refractivity contribution is -0.136. The van der Waals surface area contributed by atoms with Gasteiger partial charge in [0.25, 0.3) is 5.56 Å². The van der Waals surface area contributed by atoms with Gasteiger partial charge in [-0.25, -0.2) is 9.79 Å². The molecule has 0 spiro atoms. The number of carbonyl (C=O) groups excluding carboxylic acids is 1. The first-order chi connectivity index (χ1) is 14.4. The lowest BCUT2D eigenvalue weighted by Gasteiger charge is -2.24. The van der Waals surface area contributed by atoms with Crippen LogP contribution >= 0.6 is 34.5 Å². The minimum Gasteiger partial charge on any atom is -0.466 e. The Morgan fingerprint density at radius 2 is 1.80 bits per heavy atom. The summed E-state index contributed by atoms with van der Waals surface area (Å²) >= 11 is 13.8. The molecule has 30 heavy (non-hydrogen) atoms. The largest absolute Gasteiger partial charge is 0.466 e. The normalized spacial score (nSPS) is 16.3. The highest BCUT2D eigenvalue weighted by atomic mass is 35.5. The number of fused-ring (bicyclic) bond motifs is 1. The Morgan fingerprint density at radius 1 is 1.13 bits per heavy atom. The SMILES string of the molecule is COC(=O)C1=C(C)N=c2sc(=Cc3c(Cl)cccc3Cl)c(=O)n2C1c1ccccc1. The van der Waals surface area contributed by atoms with E-state index in [0.29, 0.717) is 36.2 Å². The summed E-state index contributed by atoms with van der Waals surface area (Å²) in [5.41, 5.74) is 1.91. The molecule has 4 rings (SSSR count). The molecule has 0 N–H and O–H groups in total. The molecule has 1 atom stereocenters. The first-order valence-electron chi connectivity index (χ1n) is 9.02. The van der Waals surface area contributed by atoms with Crippen LogP contribution < -0.4 is 14.9 Å². The molecule has 0 aliphatic carbocycles. The van der Waals surface area contributed by atoms with Gasteiger partial charge in [0.05, 0.1) is 29.0 Å². The summed E-state index contributed by atoms with van der Waals surface area (Å²) in [5, 5.41) is 0.888. The van der Waals surface area contributed by atoms with Gasteiger partial charge in [0.15, 0.2) is 4.80 Å². The van der Waals surface area contributed by atoms with Gasteiger partial charge in [0.2, 0.25) is 0 Å². The number of nitrogens with zero attached hydrogens (tertiary/aromatic N) is 2. The molecule has 0 saturated heterocycles. The number of esters is 1. The quantitative estimate of drug-likeness (QED) is 0.561. The van der Waals surface area contributed by atoms with E-state index >= 15 is 0 Å². The maximum Gasteiger partial charge on any atom is 0.338 e. The summed E-state index contributed by atoms with van der Waals surface area (Å²) in [6.45, 7) is 1.74. The van der Waals surface area contributed by atoms with Crippen molar-refractivity contribution in [2.45, 2.75) is 13.0 Å². The number of benzene rings is 2. The summed E-state index contributed by atoms with van der Waals surface area (Å²) in [6.07, 6.45) is 1.66.